The summed E-state index contributed by atoms with van der Waals surface area (Å²) < 4.78 is 7.31. The lowest BCUT2D eigenvalue weighted by molar-refractivity contribution is 0.339. The topological polar surface area (TPSA) is 25.4 Å². The Morgan fingerprint density at radius 1 is 0.312 bits per heavy atom. The fraction of sp³-hybridized carbons (Fsp3) is 0.167. The molecule has 0 aromatic heterocycles. The summed E-state index contributed by atoms with van der Waals surface area (Å²) in [6.45, 7) is -0.175. The van der Waals surface area contributed by atoms with Crippen molar-refractivity contribution in [3.05, 3.63) is 237 Å². The predicted molar refractivity (Wildman–Crippen MR) is 337 cm³/mol. The minimum absolute atomic E-state index is 0.0737. The van der Waals surface area contributed by atoms with Gasteiger partial charge in [0.1, 0.15) is 11.5 Å². The van der Waals surface area contributed by atoms with Gasteiger partial charge in [0.25, 0.3) is 13.4 Å². The van der Waals surface area contributed by atoms with E-state index in [-0.39, 0.29) is 13.4 Å². The fourth-order valence-electron chi connectivity index (χ4n) is 15.0. The predicted octanol–water partition coefficient (Wildman–Crippen LogP) is 15.1. The maximum atomic E-state index is 7.31. The fourth-order valence-corrected chi connectivity index (χ4v) is 15.0. The summed E-state index contributed by atoms with van der Waals surface area (Å²) in [7, 11) is 0. The summed E-state index contributed by atoms with van der Waals surface area (Å²) in [5.41, 5.74) is 22.7. The van der Waals surface area contributed by atoms with E-state index in [2.05, 4.69) is 261 Å². The molecule has 8 heteroatoms. The zero-order valence-electron chi connectivity index (χ0n) is 45.0. The molecule has 4 heterocycles. The lowest BCUT2D eigenvalue weighted by atomic mass is 9.30. The summed E-state index contributed by atoms with van der Waals surface area (Å²) >= 11 is 0. The third-order valence-electron chi connectivity index (χ3n) is 18.3. The molecular formula is C72H61B2N5O. The Hall–Kier alpha value is -8.87. The van der Waals surface area contributed by atoms with Crippen LogP contribution in [0, 0.1) is 0 Å². The molecule has 16 rings (SSSR count). The van der Waals surface area contributed by atoms with E-state index in [0.29, 0.717) is 12.1 Å². The molecule has 10 aromatic rings. The number of benzene rings is 10. The third kappa shape index (κ3) is 7.63. The van der Waals surface area contributed by atoms with E-state index in [0.717, 1.165) is 57.0 Å². The Kier molecular flexibility index (Phi) is 11.5. The average Bonchev–Trinajstić information content (AvgIpc) is 3.39. The second kappa shape index (κ2) is 19.5. The highest BCUT2D eigenvalue weighted by molar-refractivity contribution is 7.02. The van der Waals surface area contributed by atoms with E-state index in [4.69, 9.17) is 4.74 Å². The third-order valence-corrected chi connectivity index (χ3v) is 18.3. The van der Waals surface area contributed by atoms with Crippen molar-refractivity contribution in [2.24, 2.45) is 0 Å². The van der Waals surface area contributed by atoms with E-state index >= 15 is 0 Å². The summed E-state index contributed by atoms with van der Waals surface area (Å²) in [4.78, 5) is 13.0. The van der Waals surface area contributed by atoms with Gasteiger partial charge in [0.15, 0.2) is 0 Å². The molecule has 2 fully saturated rings. The van der Waals surface area contributed by atoms with E-state index in [1.54, 1.807) is 0 Å². The molecule has 6 aliphatic rings. The van der Waals surface area contributed by atoms with Crippen LogP contribution in [0.3, 0.4) is 0 Å². The van der Waals surface area contributed by atoms with Crippen LogP contribution in [-0.2, 0) is 0 Å². The molecule has 2 aliphatic carbocycles. The van der Waals surface area contributed by atoms with Gasteiger partial charge >= 0.3 is 0 Å². The zero-order chi connectivity index (χ0) is 52.7. The number of anilines is 13. The Morgan fingerprint density at radius 2 is 0.738 bits per heavy atom. The minimum Gasteiger partial charge on any atom is -0.458 e. The van der Waals surface area contributed by atoms with Crippen molar-refractivity contribution in [1.82, 2.24) is 0 Å². The maximum Gasteiger partial charge on any atom is 0.256 e. The maximum absolute atomic E-state index is 7.31. The minimum atomic E-state index is -0.101. The van der Waals surface area contributed by atoms with Gasteiger partial charge in [0, 0.05) is 86.4 Å². The molecule has 0 unspecified atom stereocenters. The molecule has 0 saturated heterocycles. The Balaban J connectivity index is 0.997. The number of para-hydroxylation sites is 7. The molecule has 6 nitrogen and oxygen atoms in total. The zero-order valence-corrected chi connectivity index (χ0v) is 45.0. The van der Waals surface area contributed by atoms with E-state index in [9.17, 15) is 0 Å². The Labute approximate surface area is 471 Å². The first-order chi connectivity index (χ1) is 39.7. The second-order valence-electron chi connectivity index (χ2n) is 22.8. The molecular weight excluding hydrogens is 972 g/mol. The van der Waals surface area contributed by atoms with Crippen molar-refractivity contribution in [1.29, 1.82) is 0 Å². The largest absolute Gasteiger partial charge is 0.458 e. The number of hydrogen-bond donors (Lipinski definition) is 0. The van der Waals surface area contributed by atoms with Gasteiger partial charge in [-0.05, 0) is 156 Å². The Bertz CT molecular complexity index is 3890. The highest BCUT2D eigenvalue weighted by Crippen LogP contribution is 2.51. The first-order valence-electron chi connectivity index (χ1n) is 29.4. The number of ether oxygens (including phenoxy) is 1. The van der Waals surface area contributed by atoms with Gasteiger partial charge < -0.3 is 29.2 Å². The normalized spacial score (nSPS) is 15.9. The number of fused-ring (bicyclic) bond motifs is 8. The highest BCUT2D eigenvalue weighted by Gasteiger charge is 2.48. The average molecular weight is 1030 g/mol. The summed E-state index contributed by atoms with van der Waals surface area (Å²) in [5, 5.41) is 0. The van der Waals surface area contributed by atoms with Gasteiger partial charge in [-0.15, -0.1) is 0 Å². The van der Waals surface area contributed by atoms with Crippen LogP contribution in [0.25, 0.3) is 0 Å². The standard InChI is InChI=1S/C72H61B2N5O/c1-8-26-50(27-9-1)75(51-28-10-2-11-29-51)57-44-66-71-67(45-57)78(55-36-18-6-19-37-55)64-49-65-62(48-61(64)73(71)59-40-22-24-42-63(59)77(66)54-34-16-5-17-35-54)74-60-41-23-25-43-69(60)80-70-47-58(46-68(72(70)74)79(65)56-38-20-7-21-39-56)76(52-30-12-3-13-31-52)53-32-14-4-15-33-53/h1-2,5-11,16-29,34-49,52-53H,3-4,12-15,30-33H2. The molecule has 386 valence electrons. The molecule has 0 radical (unpaired) electrons. The van der Waals surface area contributed by atoms with Crippen LogP contribution in [0.5, 0.6) is 11.5 Å². The van der Waals surface area contributed by atoms with Crippen LogP contribution in [-0.4, -0.2) is 25.5 Å². The van der Waals surface area contributed by atoms with E-state index in [1.165, 1.54) is 125 Å². The molecule has 4 aliphatic heterocycles. The molecule has 0 bridgehead atoms. The molecule has 80 heavy (non-hydrogen) atoms. The van der Waals surface area contributed by atoms with Crippen LogP contribution in [0.2, 0.25) is 0 Å². The van der Waals surface area contributed by atoms with Gasteiger partial charge in [0.2, 0.25) is 0 Å². The van der Waals surface area contributed by atoms with Crippen LogP contribution < -0.4 is 62.0 Å². The van der Waals surface area contributed by atoms with Crippen LogP contribution in [0.4, 0.5) is 73.9 Å². The number of rotatable bonds is 9. The quantitative estimate of drug-likeness (QED) is 0.134. The van der Waals surface area contributed by atoms with Crippen molar-refractivity contribution < 1.29 is 4.74 Å². The number of hydrogen-bond acceptors (Lipinski definition) is 6. The first kappa shape index (κ1) is 47.2. The lowest BCUT2D eigenvalue weighted by Gasteiger charge is -2.47. The monoisotopic (exact) mass is 1030 g/mol. The van der Waals surface area contributed by atoms with Crippen LogP contribution in [0.1, 0.15) is 64.2 Å². The van der Waals surface area contributed by atoms with Crippen LogP contribution in [0.15, 0.2) is 237 Å². The highest BCUT2D eigenvalue weighted by atomic mass is 16.5. The van der Waals surface area contributed by atoms with E-state index in [1.807, 2.05) is 0 Å². The Morgan fingerprint density at radius 3 is 1.27 bits per heavy atom. The number of nitrogens with zero attached hydrogens (tertiary/aromatic N) is 5. The van der Waals surface area contributed by atoms with Gasteiger partial charge in [-0.1, -0.05) is 172 Å². The van der Waals surface area contributed by atoms with E-state index < -0.39 is 0 Å². The first-order valence-corrected chi connectivity index (χ1v) is 29.4. The SMILES string of the molecule is c1ccc(N(c2ccccc2)c2cc3c4c(c2)N(c2ccccc2)c2cc5c(cc2B4c2ccccc2N3c2ccccc2)B2c3ccccc3Oc3cc(N(C4CCCCC4)C4CCCCC4)cc(c32)N5c2ccccc2)cc1. The molecule has 0 amide bonds. The lowest BCUT2D eigenvalue weighted by Crippen LogP contribution is -2.64. The summed E-state index contributed by atoms with van der Waals surface area (Å²) in [6, 6.07) is 89.3. The van der Waals surface area contributed by atoms with Gasteiger partial charge in [-0.2, -0.15) is 0 Å². The molecule has 0 N–H and O–H groups in total. The van der Waals surface area contributed by atoms with Gasteiger partial charge in [-0.25, -0.2) is 0 Å². The summed E-state index contributed by atoms with van der Waals surface area (Å²) in [5.74, 6) is 1.93. The smallest absolute Gasteiger partial charge is 0.256 e. The van der Waals surface area contributed by atoms with Crippen molar-refractivity contribution in [3.63, 3.8) is 0 Å². The summed E-state index contributed by atoms with van der Waals surface area (Å²) in [6.07, 6.45) is 12.8. The van der Waals surface area contributed by atoms with Crippen molar-refractivity contribution >= 4 is 120 Å². The van der Waals surface area contributed by atoms with Crippen molar-refractivity contribution in [3.8, 4) is 11.5 Å². The van der Waals surface area contributed by atoms with Crippen LogP contribution >= 0.6 is 0 Å². The molecule has 0 atom stereocenters. The molecule has 0 spiro atoms. The molecule has 10 aromatic carbocycles. The van der Waals surface area contributed by atoms with Gasteiger partial charge in [-0.3, -0.25) is 0 Å². The second-order valence-corrected chi connectivity index (χ2v) is 22.8. The molecule has 2 saturated carbocycles. The van der Waals surface area contributed by atoms with Gasteiger partial charge in [0.05, 0.1) is 5.69 Å². The van der Waals surface area contributed by atoms with Crippen molar-refractivity contribution in [2.75, 3.05) is 24.5 Å². The van der Waals surface area contributed by atoms with Crippen molar-refractivity contribution in [2.45, 2.75) is 76.3 Å².